The first-order chi connectivity index (χ1) is 7.86. The fraction of sp³-hybridized carbons (Fsp3) is 0.273. The van der Waals surface area contributed by atoms with Crippen molar-refractivity contribution in [2.75, 3.05) is 19.8 Å². The molecule has 1 aromatic carbocycles. The lowest BCUT2D eigenvalue weighted by Crippen LogP contribution is -2.01. The summed E-state index contributed by atoms with van der Waals surface area (Å²) in [7, 11) is 0. The Kier molecular flexibility index (Phi) is 5.55. The van der Waals surface area contributed by atoms with Crippen LogP contribution >= 0.6 is 0 Å². The molecule has 0 heterocycles. The molecule has 16 heavy (non-hydrogen) atoms. The van der Waals surface area contributed by atoms with Crippen LogP contribution in [0.2, 0.25) is 0 Å². The Morgan fingerprint density at radius 1 is 1.38 bits per heavy atom. The quantitative estimate of drug-likeness (QED) is 0.453. The number of ether oxygens (including phenoxy) is 1. The minimum Gasteiger partial charge on any atom is -0.491 e. The summed E-state index contributed by atoms with van der Waals surface area (Å²) in [6.45, 7) is 0.652. The number of hydrogen-bond donors (Lipinski definition) is 1. The first kappa shape index (κ1) is 12.1. The molecule has 1 N–H and O–H groups in total. The second-order valence-electron chi connectivity index (χ2n) is 2.96. The Morgan fingerprint density at radius 3 is 2.75 bits per heavy atom. The van der Waals surface area contributed by atoms with E-state index in [1.54, 1.807) is 6.08 Å². The Bertz CT molecular complexity index is 381. The summed E-state index contributed by atoms with van der Waals surface area (Å²) < 4.78 is 5.21. The van der Waals surface area contributed by atoms with Gasteiger partial charge < -0.3 is 9.84 Å². The maximum atomic E-state index is 8.57. The van der Waals surface area contributed by atoms with Crippen LogP contribution in [0.4, 0.5) is 0 Å². The lowest BCUT2D eigenvalue weighted by Gasteiger charge is -2.03. The molecule has 0 unspecified atom stereocenters. The maximum Gasteiger partial charge on any atom is 0.119 e. The van der Waals surface area contributed by atoms with Gasteiger partial charge in [0.05, 0.1) is 6.61 Å². The molecule has 84 valence electrons. The predicted octanol–water partition coefficient (Wildman–Crippen LogP) is 2.38. The summed E-state index contributed by atoms with van der Waals surface area (Å²) in [4.78, 5) is 2.64. The molecule has 0 radical (unpaired) electrons. The van der Waals surface area contributed by atoms with E-state index in [2.05, 4.69) is 10.0 Å². The van der Waals surface area contributed by atoms with Crippen molar-refractivity contribution < 1.29 is 9.84 Å². The lowest BCUT2D eigenvalue weighted by molar-refractivity contribution is 0.201. The molecule has 5 nitrogen and oxygen atoms in total. The van der Waals surface area contributed by atoms with Crippen molar-refractivity contribution in [1.29, 1.82) is 0 Å². The van der Waals surface area contributed by atoms with Crippen LogP contribution in [0.5, 0.6) is 5.75 Å². The molecule has 0 aliphatic carbocycles. The van der Waals surface area contributed by atoms with Crippen molar-refractivity contribution >= 4 is 6.08 Å². The summed E-state index contributed by atoms with van der Waals surface area (Å²) in [6, 6.07) is 7.42. The van der Waals surface area contributed by atoms with Crippen LogP contribution in [-0.2, 0) is 0 Å². The molecule has 0 spiro atoms. The standard InChI is InChI=1S/C11H13N3O2/c12-14-13-7-1-2-10-3-5-11(6-4-10)16-9-8-15/h1-6,15H,7-9H2. The van der Waals surface area contributed by atoms with Gasteiger partial charge in [-0.1, -0.05) is 29.4 Å². The zero-order valence-corrected chi connectivity index (χ0v) is 8.78. The average Bonchev–Trinajstić information content (AvgIpc) is 2.33. The zero-order chi connectivity index (χ0) is 11.6. The second kappa shape index (κ2) is 7.34. The van der Waals surface area contributed by atoms with Gasteiger partial charge >= 0.3 is 0 Å². The van der Waals surface area contributed by atoms with E-state index >= 15 is 0 Å². The summed E-state index contributed by atoms with van der Waals surface area (Å²) in [5, 5.41) is 12.0. The largest absolute Gasteiger partial charge is 0.491 e. The summed E-state index contributed by atoms with van der Waals surface area (Å²) in [5.41, 5.74) is 9.07. The molecule has 0 aliphatic heterocycles. The summed E-state index contributed by atoms with van der Waals surface area (Å²) in [6.07, 6.45) is 3.65. The average molecular weight is 219 g/mol. The normalized spacial score (nSPS) is 10.1. The smallest absolute Gasteiger partial charge is 0.119 e. The number of rotatable bonds is 6. The minimum absolute atomic E-state index is 0.00776. The highest BCUT2D eigenvalue weighted by molar-refractivity contribution is 5.50. The van der Waals surface area contributed by atoms with Gasteiger partial charge in [0.25, 0.3) is 0 Å². The van der Waals surface area contributed by atoms with Crippen molar-refractivity contribution in [3.8, 4) is 5.75 Å². The van der Waals surface area contributed by atoms with E-state index in [-0.39, 0.29) is 6.61 Å². The van der Waals surface area contributed by atoms with Gasteiger partial charge in [0.15, 0.2) is 0 Å². The second-order valence-corrected chi connectivity index (χ2v) is 2.96. The van der Waals surface area contributed by atoms with Gasteiger partial charge in [0.2, 0.25) is 0 Å². The van der Waals surface area contributed by atoms with Gasteiger partial charge in [-0.3, -0.25) is 0 Å². The Morgan fingerprint density at radius 2 is 2.12 bits per heavy atom. The van der Waals surface area contributed by atoms with Gasteiger partial charge in [0, 0.05) is 11.5 Å². The summed E-state index contributed by atoms with van der Waals surface area (Å²) >= 11 is 0. The van der Waals surface area contributed by atoms with Crippen LogP contribution in [0, 0.1) is 0 Å². The molecule has 0 saturated heterocycles. The number of azide groups is 1. The monoisotopic (exact) mass is 219 g/mol. The van der Waals surface area contributed by atoms with E-state index in [4.69, 9.17) is 15.4 Å². The minimum atomic E-state index is 0.00776. The van der Waals surface area contributed by atoms with Crippen LogP contribution in [0.15, 0.2) is 35.5 Å². The molecule has 0 bridgehead atoms. The third kappa shape index (κ3) is 4.50. The van der Waals surface area contributed by atoms with Crippen molar-refractivity contribution in [2.24, 2.45) is 5.11 Å². The SMILES string of the molecule is [N-]=[N+]=NCC=Cc1ccc(OCCO)cc1. The Labute approximate surface area is 93.6 Å². The maximum absolute atomic E-state index is 8.57. The topological polar surface area (TPSA) is 78.2 Å². The number of aliphatic hydroxyl groups excluding tert-OH is 1. The van der Waals surface area contributed by atoms with Crippen LogP contribution < -0.4 is 4.74 Å². The van der Waals surface area contributed by atoms with Gasteiger partial charge in [-0.2, -0.15) is 0 Å². The molecule has 0 aromatic heterocycles. The van der Waals surface area contributed by atoms with Gasteiger partial charge in [0.1, 0.15) is 12.4 Å². The van der Waals surface area contributed by atoms with Gasteiger partial charge in [-0.05, 0) is 23.2 Å². The summed E-state index contributed by atoms with van der Waals surface area (Å²) in [5.74, 6) is 0.723. The van der Waals surface area contributed by atoms with E-state index in [1.165, 1.54) is 0 Å². The molecule has 0 atom stereocenters. The van der Waals surface area contributed by atoms with Crippen LogP contribution in [0.25, 0.3) is 16.5 Å². The molecule has 5 heteroatoms. The first-order valence-corrected chi connectivity index (χ1v) is 4.88. The first-order valence-electron chi connectivity index (χ1n) is 4.88. The number of nitrogens with zero attached hydrogens (tertiary/aromatic N) is 3. The highest BCUT2D eigenvalue weighted by atomic mass is 16.5. The molecule has 0 amide bonds. The fourth-order valence-electron chi connectivity index (χ4n) is 1.11. The van der Waals surface area contributed by atoms with Crippen molar-refractivity contribution in [3.63, 3.8) is 0 Å². The van der Waals surface area contributed by atoms with E-state index in [1.807, 2.05) is 30.3 Å². The lowest BCUT2D eigenvalue weighted by atomic mass is 10.2. The predicted molar refractivity (Wildman–Crippen MR) is 62.1 cm³/mol. The number of hydrogen-bond acceptors (Lipinski definition) is 3. The molecule has 0 saturated carbocycles. The van der Waals surface area contributed by atoms with E-state index < -0.39 is 0 Å². The van der Waals surface area contributed by atoms with Gasteiger partial charge in [-0.25, -0.2) is 0 Å². The van der Waals surface area contributed by atoms with Crippen molar-refractivity contribution in [3.05, 3.63) is 46.3 Å². The molecule has 1 aromatic rings. The van der Waals surface area contributed by atoms with E-state index in [0.717, 1.165) is 11.3 Å². The molecular weight excluding hydrogens is 206 g/mol. The highest BCUT2D eigenvalue weighted by Crippen LogP contribution is 2.12. The Hall–Kier alpha value is -1.97. The van der Waals surface area contributed by atoms with Crippen LogP contribution in [0.1, 0.15) is 5.56 Å². The fourth-order valence-corrected chi connectivity index (χ4v) is 1.11. The van der Waals surface area contributed by atoms with Gasteiger partial charge in [-0.15, -0.1) is 0 Å². The number of benzene rings is 1. The molecule has 1 rings (SSSR count). The highest BCUT2D eigenvalue weighted by Gasteiger charge is 1.92. The van der Waals surface area contributed by atoms with E-state index in [9.17, 15) is 0 Å². The van der Waals surface area contributed by atoms with Crippen LogP contribution in [-0.4, -0.2) is 24.9 Å². The number of aliphatic hydroxyl groups is 1. The van der Waals surface area contributed by atoms with Crippen molar-refractivity contribution in [2.45, 2.75) is 0 Å². The van der Waals surface area contributed by atoms with Crippen LogP contribution in [0.3, 0.4) is 0 Å². The van der Waals surface area contributed by atoms with E-state index in [0.29, 0.717) is 13.2 Å². The molecule has 0 aliphatic rings. The zero-order valence-electron chi connectivity index (χ0n) is 8.78. The Balaban J connectivity index is 2.50. The molecular formula is C11H13N3O2. The third-order valence-electron chi connectivity index (χ3n) is 1.80. The third-order valence-corrected chi connectivity index (χ3v) is 1.80. The van der Waals surface area contributed by atoms with Crippen molar-refractivity contribution in [1.82, 2.24) is 0 Å². The molecule has 0 fully saturated rings.